The van der Waals surface area contributed by atoms with Crippen LogP contribution < -0.4 is 5.73 Å². The van der Waals surface area contributed by atoms with Crippen LogP contribution in [0.4, 0.5) is 4.79 Å². The number of nitrogens with zero attached hydrogens (tertiary/aromatic N) is 3. The molecule has 4 heterocycles. The zero-order chi connectivity index (χ0) is 29.4. The summed E-state index contributed by atoms with van der Waals surface area (Å²) in [5.74, 6) is -3.24. The first-order chi connectivity index (χ1) is 19.0. The van der Waals surface area contributed by atoms with Crippen LogP contribution in [0, 0.1) is 11.8 Å². The van der Waals surface area contributed by atoms with E-state index in [-0.39, 0.29) is 36.6 Å². The number of thioether (sulfide) groups is 1. The third-order valence-corrected chi connectivity index (χ3v) is 9.73. The Balaban J connectivity index is 1.82. The molecule has 0 aliphatic carbocycles. The van der Waals surface area contributed by atoms with E-state index in [9.17, 15) is 24.3 Å². The van der Waals surface area contributed by atoms with Gasteiger partial charge in [0.05, 0.1) is 18.1 Å². The van der Waals surface area contributed by atoms with Crippen molar-refractivity contribution in [3.63, 3.8) is 0 Å². The smallest absolute Gasteiger partial charge is 0.411 e. The molecule has 3 aliphatic heterocycles. The van der Waals surface area contributed by atoms with Crippen molar-refractivity contribution in [1.29, 1.82) is 0 Å². The maximum atomic E-state index is 13.3. The molecule has 4 rings (SSSR count). The van der Waals surface area contributed by atoms with Gasteiger partial charge in [-0.25, -0.2) is 14.6 Å². The summed E-state index contributed by atoms with van der Waals surface area (Å²) in [6.07, 6.45) is 4.09. The van der Waals surface area contributed by atoms with Gasteiger partial charge in [-0.3, -0.25) is 14.5 Å². The van der Waals surface area contributed by atoms with Gasteiger partial charge in [0.2, 0.25) is 5.91 Å². The van der Waals surface area contributed by atoms with Gasteiger partial charge in [-0.05, 0) is 19.8 Å². The van der Waals surface area contributed by atoms with Gasteiger partial charge in [-0.15, -0.1) is 0 Å². The van der Waals surface area contributed by atoms with Gasteiger partial charge in [-0.1, -0.05) is 50.9 Å². The molecule has 0 aromatic carbocycles. The zero-order valence-electron chi connectivity index (χ0n) is 22.8. The minimum absolute atomic E-state index is 0.0129. The first kappa shape index (κ1) is 29.4. The molecule has 0 bridgehead atoms. The number of likely N-dealkylation sites (tertiary alicyclic amines) is 1. The lowest BCUT2D eigenvalue weighted by atomic mass is 9.79. The van der Waals surface area contributed by atoms with Crippen molar-refractivity contribution in [2.45, 2.75) is 56.5 Å². The lowest BCUT2D eigenvalue weighted by Gasteiger charge is -2.46. The highest BCUT2D eigenvalue weighted by Crippen LogP contribution is 2.58. The van der Waals surface area contributed by atoms with Crippen molar-refractivity contribution in [2.75, 3.05) is 19.8 Å². The lowest BCUT2D eigenvalue weighted by Crippen LogP contribution is -2.63. The summed E-state index contributed by atoms with van der Waals surface area (Å²) in [5.41, 5.74) is 6.08. The van der Waals surface area contributed by atoms with Crippen molar-refractivity contribution in [3.05, 3.63) is 53.6 Å². The Morgan fingerprint density at radius 3 is 2.58 bits per heavy atom. The molecule has 0 saturated carbocycles. The number of imidazole rings is 1. The number of aliphatic hydroxyl groups is 1. The minimum atomic E-state index is -0.998. The van der Waals surface area contributed by atoms with Crippen LogP contribution in [-0.2, 0) is 19.1 Å². The van der Waals surface area contributed by atoms with E-state index in [2.05, 4.69) is 23.1 Å². The number of aliphatic hydroxyl groups excluding tert-OH is 1. The van der Waals surface area contributed by atoms with Gasteiger partial charge < -0.3 is 30.2 Å². The number of amides is 3. The number of H-pyrrole nitrogens is 1. The number of hydrogen-bond donors (Lipinski definition) is 3. The van der Waals surface area contributed by atoms with E-state index >= 15 is 0 Å². The quantitative estimate of drug-likeness (QED) is 0.204. The third-order valence-electron chi connectivity index (χ3n) is 7.81. The molecule has 6 atom stereocenters. The Labute approximate surface area is 236 Å². The molecule has 12 nitrogen and oxygen atoms in total. The highest BCUT2D eigenvalue weighted by Gasteiger charge is 2.62. The second-order valence-electron chi connectivity index (χ2n) is 10.2. The molecule has 40 heavy (non-hydrogen) atoms. The maximum Gasteiger partial charge on any atom is 0.411 e. The van der Waals surface area contributed by atoms with Crippen LogP contribution in [0.5, 0.6) is 0 Å². The summed E-state index contributed by atoms with van der Waals surface area (Å²) < 4.78 is 10.8. The first-order valence-electron chi connectivity index (χ1n) is 13.1. The number of ether oxygens (including phenoxy) is 2. The number of esters is 1. The molecule has 2 fully saturated rings. The van der Waals surface area contributed by atoms with Crippen molar-refractivity contribution in [3.8, 4) is 0 Å². The molecule has 2 saturated heterocycles. The van der Waals surface area contributed by atoms with E-state index in [1.54, 1.807) is 11.8 Å². The van der Waals surface area contributed by atoms with Gasteiger partial charge in [0, 0.05) is 35.2 Å². The topological polar surface area (TPSA) is 168 Å². The average Bonchev–Trinajstić information content (AvgIpc) is 3.62. The van der Waals surface area contributed by atoms with E-state index in [4.69, 9.17) is 15.2 Å². The predicted molar refractivity (Wildman–Crippen MR) is 146 cm³/mol. The normalized spacial score (nSPS) is 27.1. The minimum Gasteiger partial charge on any atom is -0.457 e. The molecular formula is C27H35N5O7S. The number of aromatic nitrogens is 2. The highest BCUT2D eigenvalue weighted by atomic mass is 32.2. The summed E-state index contributed by atoms with van der Waals surface area (Å²) in [4.78, 5) is 61.2. The van der Waals surface area contributed by atoms with Crippen LogP contribution >= 0.6 is 11.8 Å². The van der Waals surface area contributed by atoms with Crippen molar-refractivity contribution in [2.24, 2.45) is 17.6 Å². The van der Waals surface area contributed by atoms with Crippen molar-refractivity contribution in [1.82, 2.24) is 19.8 Å². The Bertz CT molecular complexity index is 1260. The fourth-order valence-electron chi connectivity index (χ4n) is 5.88. The Morgan fingerprint density at radius 1 is 1.30 bits per heavy atom. The summed E-state index contributed by atoms with van der Waals surface area (Å²) in [6, 6.07) is -0.440. The maximum absolute atomic E-state index is 13.3. The van der Waals surface area contributed by atoms with Crippen LogP contribution in [0.1, 0.15) is 55.8 Å². The molecule has 216 valence electrons. The zero-order valence-corrected chi connectivity index (χ0v) is 23.6. The van der Waals surface area contributed by atoms with Crippen LogP contribution in [0.2, 0.25) is 0 Å². The number of fused-ring (bicyclic) bond motifs is 1. The predicted octanol–water partition coefficient (Wildman–Crippen LogP) is 2.26. The van der Waals surface area contributed by atoms with Crippen LogP contribution in [-0.4, -0.2) is 85.5 Å². The monoisotopic (exact) mass is 573 g/mol. The fourth-order valence-corrected chi connectivity index (χ4v) is 7.69. The lowest BCUT2D eigenvalue weighted by molar-refractivity contribution is -0.164. The molecular weight excluding hydrogens is 538 g/mol. The molecule has 0 spiro atoms. The number of rotatable bonds is 11. The number of carbonyl (C=O) groups is 4. The van der Waals surface area contributed by atoms with Crippen molar-refractivity contribution >= 4 is 35.6 Å². The Hall–Kier alpha value is -3.58. The van der Waals surface area contributed by atoms with Gasteiger partial charge >= 0.3 is 12.1 Å². The fraction of sp³-hybridized carbons (Fsp3) is 0.519. The number of carbonyl (C=O) groups excluding carboxylic acids is 4. The molecule has 1 aromatic rings. The van der Waals surface area contributed by atoms with E-state index < -0.39 is 46.8 Å². The number of primary amides is 1. The van der Waals surface area contributed by atoms with E-state index in [1.165, 1.54) is 35.0 Å². The molecule has 13 heteroatoms. The molecule has 3 amide bonds. The SMILES string of the molecule is C=CCOC(=O)C1=C(S[C@@]2(C(C)c3cnc(C(N)=O)[nH]3)CCCN2C(=O)OCC=C)[C@H](C)[C@@H]2[C@@H]([C@@H](C)O)C(=O)N12. The third kappa shape index (κ3) is 4.81. The van der Waals surface area contributed by atoms with Crippen LogP contribution in [0.25, 0.3) is 0 Å². The molecule has 1 unspecified atom stereocenters. The molecule has 0 radical (unpaired) electrons. The second-order valence-corrected chi connectivity index (χ2v) is 11.5. The number of nitrogens with two attached hydrogens (primary N) is 1. The summed E-state index contributed by atoms with van der Waals surface area (Å²) >= 11 is 1.31. The largest absolute Gasteiger partial charge is 0.457 e. The number of β-lactam (4-membered cyclic amide) rings is 1. The van der Waals surface area contributed by atoms with E-state index in [0.717, 1.165) is 0 Å². The number of aromatic amines is 1. The number of hydrogen-bond acceptors (Lipinski definition) is 9. The highest BCUT2D eigenvalue weighted by molar-refractivity contribution is 8.04. The van der Waals surface area contributed by atoms with Gasteiger partial charge in [0.15, 0.2) is 5.82 Å². The van der Waals surface area contributed by atoms with Gasteiger partial charge in [0.25, 0.3) is 5.91 Å². The molecule has 1 aromatic heterocycles. The summed E-state index contributed by atoms with van der Waals surface area (Å²) in [7, 11) is 0. The standard InChI is InChI=1S/C27H35N5O7S/c1-6-11-38-25(36)20-21(14(3)19-18(16(5)33)24(35)32(19)20)40-27(9-8-10-31(27)26(37)39-12-7-2)15(4)17-13-29-23(30-17)22(28)34/h6-7,13-16,18-19,33H,1-2,8-12H2,3-5H3,(H2,28,34)(H,29,30)/t14-,15?,16-,18-,19-,27-/m1/s1. The van der Waals surface area contributed by atoms with E-state index in [0.29, 0.717) is 30.0 Å². The van der Waals surface area contributed by atoms with E-state index in [1.807, 2.05) is 13.8 Å². The van der Waals surface area contributed by atoms with Crippen LogP contribution in [0.3, 0.4) is 0 Å². The number of nitrogens with one attached hydrogen (secondary N) is 1. The summed E-state index contributed by atoms with van der Waals surface area (Å²) in [5, 5.41) is 10.3. The van der Waals surface area contributed by atoms with Gasteiger partial charge in [-0.2, -0.15) is 0 Å². The average molecular weight is 574 g/mol. The van der Waals surface area contributed by atoms with Crippen LogP contribution in [0.15, 0.2) is 42.1 Å². The Morgan fingerprint density at radius 2 is 1.98 bits per heavy atom. The Kier molecular flexibility index (Phi) is 8.45. The first-order valence-corrected chi connectivity index (χ1v) is 13.9. The van der Waals surface area contributed by atoms with Crippen molar-refractivity contribution < 1.29 is 33.8 Å². The molecule has 3 aliphatic rings. The molecule has 4 N–H and O–H groups in total. The summed E-state index contributed by atoms with van der Waals surface area (Å²) in [6.45, 7) is 12.9. The second kappa shape index (κ2) is 11.5. The van der Waals surface area contributed by atoms with Gasteiger partial charge in [0.1, 0.15) is 23.8 Å².